The first kappa shape index (κ1) is 11.0. The van der Waals surface area contributed by atoms with Crippen molar-refractivity contribution in [2.24, 2.45) is 5.41 Å². The van der Waals surface area contributed by atoms with E-state index in [1.807, 2.05) is 13.0 Å². The molecule has 1 nitrogen and oxygen atoms in total. The van der Waals surface area contributed by atoms with E-state index < -0.39 is 0 Å². The Balaban J connectivity index is 2.68. The smallest absolute Gasteiger partial charge is 0.165 e. The molecule has 0 amide bonds. The van der Waals surface area contributed by atoms with E-state index in [2.05, 4.69) is 20.8 Å². The minimum absolute atomic E-state index is 0.0529. The van der Waals surface area contributed by atoms with Crippen molar-refractivity contribution in [2.75, 3.05) is 6.61 Å². The molecule has 0 spiro atoms. The zero-order chi connectivity index (χ0) is 10.8. The Hall–Kier alpha value is -1.05. The summed E-state index contributed by atoms with van der Waals surface area (Å²) in [7, 11) is 0. The van der Waals surface area contributed by atoms with E-state index in [1.165, 1.54) is 6.07 Å². The highest BCUT2D eigenvalue weighted by Gasteiger charge is 2.12. The van der Waals surface area contributed by atoms with Gasteiger partial charge in [0, 0.05) is 0 Å². The van der Waals surface area contributed by atoms with Crippen molar-refractivity contribution < 1.29 is 9.13 Å². The Bertz CT molecular complexity index is 313. The fraction of sp³-hybridized carbons (Fsp3) is 0.500. The summed E-state index contributed by atoms with van der Waals surface area (Å²) in [6.45, 7) is 8.54. The Morgan fingerprint density at radius 1 is 1.29 bits per heavy atom. The molecule has 0 fully saturated rings. The summed E-state index contributed by atoms with van der Waals surface area (Å²) in [5.41, 5.74) is 0.961. The van der Waals surface area contributed by atoms with Crippen LogP contribution < -0.4 is 4.74 Å². The van der Waals surface area contributed by atoms with Crippen molar-refractivity contribution >= 4 is 0 Å². The Morgan fingerprint density at radius 2 is 1.93 bits per heavy atom. The van der Waals surface area contributed by atoms with Crippen LogP contribution in [-0.2, 0) is 0 Å². The molecule has 0 radical (unpaired) electrons. The van der Waals surface area contributed by atoms with Crippen LogP contribution in [0.25, 0.3) is 0 Å². The SMILES string of the molecule is Cc1ccc(OCC(C)(C)C)c(F)c1. The predicted octanol–water partition coefficient (Wildman–Crippen LogP) is 3.56. The van der Waals surface area contributed by atoms with E-state index in [0.717, 1.165) is 5.56 Å². The van der Waals surface area contributed by atoms with E-state index >= 15 is 0 Å². The minimum Gasteiger partial charge on any atom is -0.490 e. The second-order valence-corrected chi connectivity index (χ2v) is 4.78. The van der Waals surface area contributed by atoms with Crippen molar-refractivity contribution in [3.05, 3.63) is 29.6 Å². The molecule has 1 aromatic carbocycles. The van der Waals surface area contributed by atoms with Crippen molar-refractivity contribution in [3.63, 3.8) is 0 Å². The molecule has 0 aliphatic carbocycles. The van der Waals surface area contributed by atoms with Gasteiger partial charge in [-0.15, -0.1) is 0 Å². The van der Waals surface area contributed by atoms with E-state index in [1.54, 1.807) is 6.07 Å². The van der Waals surface area contributed by atoms with Crippen LogP contribution in [0.3, 0.4) is 0 Å². The number of halogens is 1. The maximum Gasteiger partial charge on any atom is 0.165 e. The lowest BCUT2D eigenvalue weighted by Gasteiger charge is -2.19. The lowest BCUT2D eigenvalue weighted by atomic mass is 9.99. The molecule has 1 rings (SSSR count). The Labute approximate surface area is 84.9 Å². The number of hydrogen-bond acceptors (Lipinski definition) is 1. The zero-order valence-electron chi connectivity index (χ0n) is 9.23. The molecule has 0 saturated heterocycles. The molecule has 0 saturated carbocycles. The topological polar surface area (TPSA) is 9.23 Å². The number of rotatable bonds is 2. The quantitative estimate of drug-likeness (QED) is 0.702. The summed E-state index contributed by atoms with van der Waals surface area (Å²) < 4.78 is 18.7. The molecule has 1 aromatic rings. The van der Waals surface area contributed by atoms with E-state index in [4.69, 9.17) is 4.74 Å². The maximum absolute atomic E-state index is 13.3. The molecule has 14 heavy (non-hydrogen) atoms. The molecule has 0 aliphatic heterocycles. The second-order valence-electron chi connectivity index (χ2n) is 4.78. The number of hydrogen-bond donors (Lipinski definition) is 0. The molecule has 0 atom stereocenters. The average molecular weight is 196 g/mol. The highest BCUT2D eigenvalue weighted by Crippen LogP contribution is 2.21. The zero-order valence-corrected chi connectivity index (χ0v) is 9.23. The molecule has 0 N–H and O–H groups in total. The third-order valence-corrected chi connectivity index (χ3v) is 1.75. The molecule has 78 valence electrons. The molecule has 0 heterocycles. The Kier molecular flexibility index (Phi) is 3.14. The first-order valence-corrected chi connectivity index (χ1v) is 4.77. The standard InChI is InChI=1S/C12H17FO/c1-9-5-6-11(10(13)7-9)14-8-12(2,3)4/h5-7H,8H2,1-4H3. The molecule has 0 aliphatic rings. The summed E-state index contributed by atoms with van der Waals surface area (Å²) >= 11 is 0. The highest BCUT2D eigenvalue weighted by atomic mass is 19.1. The van der Waals surface area contributed by atoms with E-state index in [-0.39, 0.29) is 11.2 Å². The number of aryl methyl sites for hydroxylation is 1. The molecule has 0 unspecified atom stereocenters. The van der Waals surface area contributed by atoms with Gasteiger partial charge in [0.1, 0.15) is 0 Å². The fourth-order valence-corrected chi connectivity index (χ4v) is 1.02. The monoisotopic (exact) mass is 196 g/mol. The fourth-order valence-electron chi connectivity index (χ4n) is 1.02. The van der Waals surface area contributed by atoms with Crippen molar-refractivity contribution in [1.29, 1.82) is 0 Å². The second kappa shape index (κ2) is 3.99. The van der Waals surface area contributed by atoms with Crippen LogP contribution >= 0.6 is 0 Å². The van der Waals surface area contributed by atoms with Crippen LogP contribution in [0.2, 0.25) is 0 Å². The lowest BCUT2D eigenvalue weighted by molar-refractivity contribution is 0.191. The van der Waals surface area contributed by atoms with Crippen molar-refractivity contribution in [3.8, 4) is 5.75 Å². The van der Waals surface area contributed by atoms with Crippen LogP contribution in [0.15, 0.2) is 18.2 Å². The molecule has 2 heteroatoms. The summed E-state index contributed by atoms with van der Waals surface area (Å²) in [6.07, 6.45) is 0. The van der Waals surface area contributed by atoms with Gasteiger partial charge in [0.25, 0.3) is 0 Å². The van der Waals surface area contributed by atoms with Gasteiger partial charge in [-0.1, -0.05) is 26.8 Å². The third-order valence-electron chi connectivity index (χ3n) is 1.75. The highest BCUT2D eigenvalue weighted by molar-refractivity contribution is 5.28. The summed E-state index contributed by atoms with van der Waals surface area (Å²) in [6, 6.07) is 5.01. The van der Waals surface area contributed by atoms with Gasteiger partial charge < -0.3 is 4.74 Å². The lowest BCUT2D eigenvalue weighted by Crippen LogP contribution is -2.17. The van der Waals surface area contributed by atoms with Gasteiger partial charge in [0.15, 0.2) is 11.6 Å². The summed E-state index contributed by atoms with van der Waals surface area (Å²) in [4.78, 5) is 0. The molecular formula is C12H17FO. The van der Waals surface area contributed by atoms with Crippen LogP contribution in [0, 0.1) is 18.2 Å². The summed E-state index contributed by atoms with van der Waals surface area (Å²) in [5.74, 6) is 0.0553. The molecule has 0 bridgehead atoms. The Morgan fingerprint density at radius 3 is 2.43 bits per heavy atom. The van der Waals surface area contributed by atoms with E-state index in [9.17, 15) is 4.39 Å². The van der Waals surface area contributed by atoms with Gasteiger partial charge >= 0.3 is 0 Å². The van der Waals surface area contributed by atoms with Crippen molar-refractivity contribution in [1.82, 2.24) is 0 Å². The first-order valence-electron chi connectivity index (χ1n) is 4.77. The van der Waals surface area contributed by atoms with E-state index in [0.29, 0.717) is 12.4 Å². The van der Waals surface area contributed by atoms with Gasteiger partial charge in [0.05, 0.1) is 6.61 Å². The number of ether oxygens (including phenoxy) is 1. The average Bonchev–Trinajstić information content (AvgIpc) is 2.00. The van der Waals surface area contributed by atoms with Gasteiger partial charge in [-0.05, 0) is 30.0 Å². The van der Waals surface area contributed by atoms with Crippen LogP contribution in [0.4, 0.5) is 4.39 Å². The van der Waals surface area contributed by atoms with Gasteiger partial charge in [0.2, 0.25) is 0 Å². The third kappa shape index (κ3) is 3.36. The summed E-state index contributed by atoms with van der Waals surface area (Å²) in [5, 5.41) is 0. The number of benzene rings is 1. The molecule has 0 aromatic heterocycles. The van der Waals surface area contributed by atoms with Gasteiger partial charge in [-0.25, -0.2) is 4.39 Å². The maximum atomic E-state index is 13.3. The van der Waals surface area contributed by atoms with Gasteiger partial charge in [-0.2, -0.15) is 0 Å². The van der Waals surface area contributed by atoms with Gasteiger partial charge in [-0.3, -0.25) is 0 Å². The van der Waals surface area contributed by atoms with Crippen LogP contribution in [-0.4, -0.2) is 6.61 Å². The predicted molar refractivity (Wildman–Crippen MR) is 56.1 cm³/mol. The molecular weight excluding hydrogens is 179 g/mol. The first-order chi connectivity index (χ1) is 6.38. The van der Waals surface area contributed by atoms with Crippen LogP contribution in [0.1, 0.15) is 26.3 Å². The normalized spacial score (nSPS) is 11.5. The van der Waals surface area contributed by atoms with Crippen molar-refractivity contribution in [2.45, 2.75) is 27.7 Å². The largest absolute Gasteiger partial charge is 0.490 e. The van der Waals surface area contributed by atoms with Crippen LogP contribution in [0.5, 0.6) is 5.75 Å². The minimum atomic E-state index is -0.283.